The van der Waals surface area contributed by atoms with E-state index in [0.717, 1.165) is 23.4 Å². The number of methoxy groups -OCH3 is 1. The molecule has 2 rings (SSSR count). The van der Waals surface area contributed by atoms with Gasteiger partial charge in [0.2, 0.25) is 0 Å². The molecule has 0 unspecified atom stereocenters. The minimum Gasteiger partial charge on any atom is -0.478 e. The molecule has 0 spiro atoms. The van der Waals surface area contributed by atoms with E-state index in [2.05, 4.69) is 4.99 Å². The Hall–Kier alpha value is -3.26. The molecule has 1 heterocycles. The molecule has 3 N–H and O–H groups in total. The molecule has 0 atom stereocenters. The van der Waals surface area contributed by atoms with Crippen LogP contribution in [0.25, 0.3) is 0 Å². The first kappa shape index (κ1) is 20.1. The number of pyridine rings is 1. The van der Waals surface area contributed by atoms with E-state index >= 15 is 0 Å². The van der Waals surface area contributed by atoms with Crippen LogP contribution in [0.1, 0.15) is 11.1 Å². The standard InChI is InChI=1S/C19H20FN3O4/c1-27-12-17(21)16(19(25)26)9-22-8-13-2-4-14(5-3-13)10-23-11-15(20)6-7-18(23)24/h2-7,9,11H,8,10,12,21H2,1H3,(H,25,26). The van der Waals surface area contributed by atoms with E-state index in [1.807, 2.05) is 0 Å². The fourth-order valence-electron chi connectivity index (χ4n) is 2.32. The number of hydrogen-bond donors (Lipinski definition) is 2. The van der Waals surface area contributed by atoms with Gasteiger partial charge in [-0.3, -0.25) is 9.79 Å². The number of aromatic nitrogens is 1. The number of benzene rings is 1. The average Bonchev–Trinajstić information content (AvgIpc) is 2.63. The first-order valence-electron chi connectivity index (χ1n) is 8.05. The summed E-state index contributed by atoms with van der Waals surface area (Å²) in [5.74, 6) is -1.65. The Kier molecular flexibility index (Phi) is 7.01. The van der Waals surface area contributed by atoms with Gasteiger partial charge >= 0.3 is 5.97 Å². The van der Waals surface area contributed by atoms with E-state index in [1.165, 1.54) is 24.0 Å². The summed E-state index contributed by atoms with van der Waals surface area (Å²) in [6.45, 7) is 0.513. The predicted molar refractivity (Wildman–Crippen MR) is 99.1 cm³/mol. The van der Waals surface area contributed by atoms with Crippen LogP contribution in [-0.2, 0) is 22.6 Å². The van der Waals surface area contributed by atoms with Gasteiger partial charge < -0.3 is 20.1 Å². The molecule has 142 valence electrons. The zero-order valence-corrected chi connectivity index (χ0v) is 14.8. The van der Waals surface area contributed by atoms with Gasteiger partial charge in [0.05, 0.1) is 31.0 Å². The highest BCUT2D eigenvalue weighted by atomic mass is 19.1. The Morgan fingerprint density at radius 1 is 1.26 bits per heavy atom. The maximum Gasteiger partial charge on any atom is 0.339 e. The molecule has 0 aliphatic carbocycles. The number of carbonyl (C=O) groups is 1. The van der Waals surface area contributed by atoms with Gasteiger partial charge in [-0.2, -0.15) is 0 Å². The van der Waals surface area contributed by atoms with Crippen molar-refractivity contribution in [1.82, 2.24) is 4.57 Å². The SMILES string of the molecule is COCC(N)=C(C=NCc1ccc(Cn2cc(F)ccc2=O)cc1)C(=O)O. The molecule has 0 saturated carbocycles. The second-order valence-electron chi connectivity index (χ2n) is 5.78. The number of rotatable bonds is 8. The second-order valence-corrected chi connectivity index (χ2v) is 5.78. The number of hydrogen-bond acceptors (Lipinski definition) is 5. The van der Waals surface area contributed by atoms with Gasteiger partial charge in [-0.25, -0.2) is 9.18 Å². The highest BCUT2D eigenvalue weighted by Gasteiger charge is 2.09. The summed E-state index contributed by atoms with van der Waals surface area (Å²) in [4.78, 5) is 27.0. The van der Waals surface area contributed by atoms with Crippen molar-refractivity contribution < 1.29 is 19.0 Å². The summed E-state index contributed by atoms with van der Waals surface area (Å²) in [6, 6.07) is 9.52. The number of halogens is 1. The zero-order valence-electron chi connectivity index (χ0n) is 14.8. The van der Waals surface area contributed by atoms with E-state index in [9.17, 15) is 14.0 Å². The van der Waals surface area contributed by atoms with Crippen LogP contribution in [0.4, 0.5) is 4.39 Å². The third-order valence-corrected chi connectivity index (χ3v) is 3.69. The molecule has 8 heteroatoms. The van der Waals surface area contributed by atoms with Crippen molar-refractivity contribution in [1.29, 1.82) is 0 Å². The molecule has 0 radical (unpaired) electrons. The Labute approximate surface area is 155 Å². The highest BCUT2D eigenvalue weighted by molar-refractivity contribution is 6.09. The van der Waals surface area contributed by atoms with Crippen molar-refractivity contribution in [3.05, 3.63) is 81.2 Å². The van der Waals surface area contributed by atoms with Crippen LogP contribution < -0.4 is 11.3 Å². The van der Waals surface area contributed by atoms with Gasteiger partial charge in [0.1, 0.15) is 5.82 Å². The third kappa shape index (κ3) is 5.89. The number of aliphatic carboxylic acids is 1. The summed E-state index contributed by atoms with van der Waals surface area (Å²) < 4.78 is 19.3. The lowest BCUT2D eigenvalue weighted by Crippen LogP contribution is -2.19. The molecule has 27 heavy (non-hydrogen) atoms. The van der Waals surface area contributed by atoms with Crippen LogP contribution >= 0.6 is 0 Å². The lowest BCUT2D eigenvalue weighted by Gasteiger charge is -2.06. The van der Waals surface area contributed by atoms with Crippen molar-refractivity contribution in [3.8, 4) is 0 Å². The third-order valence-electron chi connectivity index (χ3n) is 3.69. The summed E-state index contributed by atoms with van der Waals surface area (Å²) in [5.41, 5.74) is 7.01. The van der Waals surface area contributed by atoms with E-state index in [0.29, 0.717) is 0 Å². The fourth-order valence-corrected chi connectivity index (χ4v) is 2.32. The summed E-state index contributed by atoms with van der Waals surface area (Å²) in [5, 5.41) is 9.15. The molecule has 2 aromatic rings. The molecule has 0 aliphatic heterocycles. The van der Waals surface area contributed by atoms with Crippen molar-refractivity contribution in [2.45, 2.75) is 13.1 Å². The van der Waals surface area contributed by atoms with Crippen molar-refractivity contribution in [2.75, 3.05) is 13.7 Å². The van der Waals surface area contributed by atoms with Gasteiger partial charge in [0.15, 0.2) is 0 Å². The first-order valence-corrected chi connectivity index (χ1v) is 8.05. The van der Waals surface area contributed by atoms with Gasteiger partial charge in [-0.1, -0.05) is 24.3 Å². The smallest absolute Gasteiger partial charge is 0.339 e. The van der Waals surface area contributed by atoms with Crippen LogP contribution in [0.3, 0.4) is 0 Å². The molecular formula is C19H20FN3O4. The van der Waals surface area contributed by atoms with Crippen molar-refractivity contribution in [3.63, 3.8) is 0 Å². The molecule has 0 fully saturated rings. The van der Waals surface area contributed by atoms with E-state index < -0.39 is 11.8 Å². The Balaban J connectivity index is 2.05. The van der Waals surface area contributed by atoms with E-state index in [-0.39, 0.29) is 36.5 Å². The number of aliphatic imine (C=N–C) groups is 1. The first-order chi connectivity index (χ1) is 12.9. The predicted octanol–water partition coefficient (Wildman–Crippen LogP) is 1.55. The monoisotopic (exact) mass is 373 g/mol. The number of nitrogens with zero attached hydrogens (tertiary/aromatic N) is 2. The normalized spacial score (nSPS) is 12.2. The quantitative estimate of drug-likeness (QED) is 0.539. The number of carboxylic acids is 1. The Morgan fingerprint density at radius 2 is 1.93 bits per heavy atom. The molecule has 1 aromatic carbocycles. The number of ether oxygens (including phenoxy) is 1. The van der Waals surface area contributed by atoms with Crippen LogP contribution in [0.5, 0.6) is 0 Å². The topological polar surface area (TPSA) is 107 Å². The second kappa shape index (κ2) is 9.44. The lowest BCUT2D eigenvalue weighted by molar-refractivity contribution is -0.132. The number of nitrogens with two attached hydrogens (primary N) is 1. The minimum atomic E-state index is -1.18. The molecule has 1 aromatic heterocycles. The van der Waals surface area contributed by atoms with Crippen LogP contribution in [-0.4, -0.2) is 35.6 Å². The average molecular weight is 373 g/mol. The van der Waals surface area contributed by atoms with Crippen LogP contribution in [0.15, 0.2) is 63.7 Å². The van der Waals surface area contributed by atoms with Crippen molar-refractivity contribution in [2.24, 2.45) is 10.7 Å². The largest absolute Gasteiger partial charge is 0.478 e. The highest BCUT2D eigenvalue weighted by Crippen LogP contribution is 2.08. The fraction of sp³-hybridized carbons (Fsp3) is 0.211. The molecule has 0 aliphatic rings. The summed E-state index contributed by atoms with van der Waals surface area (Å²) in [7, 11) is 1.42. The van der Waals surface area contributed by atoms with Gasteiger partial charge in [-0.05, 0) is 17.2 Å². The van der Waals surface area contributed by atoms with Crippen molar-refractivity contribution >= 4 is 12.2 Å². The maximum atomic E-state index is 13.2. The van der Waals surface area contributed by atoms with Gasteiger partial charge in [0, 0.05) is 25.6 Å². The number of carboxylic acid groups (broad SMARTS) is 1. The summed E-state index contributed by atoms with van der Waals surface area (Å²) in [6.07, 6.45) is 2.36. The van der Waals surface area contributed by atoms with Crippen LogP contribution in [0.2, 0.25) is 0 Å². The Bertz CT molecular complexity index is 917. The molecule has 7 nitrogen and oxygen atoms in total. The van der Waals surface area contributed by atoms with Gasteiger partial charge in [-0.15, -0.1) is 0 Å². The van der Waals surface area contributed by atoms with Crippen LogP contribution in [0, 0.1) is 5.82 Å². The summed E-state index contributed by atoms with van der Waals surface area (Å²) >= 11 is 0. The Morgan fingerprint density at radius 3 is 2.56 bits per heavy atom. The molecular weight excluding hydrogens is 353 g/mol. The van der Waals surface area contributed by atoms with E-state index in [1.54, 1.807) is 24.3 Å². The maximum absolute atomic E-state index is 13.2. The van der Waals surface area contributed by atoms with Gasteiger partial charge in [0.25, 0.3) is 5.56 Å². The minimum absolute atomic E-state index is 0.00179. The molecule has 0 saturated heterocycles. The lowest BCUT2D eigenvalue weighted by atomic mass is 10.1. The van der Waals surface area contributed by atoms with E-state index in [4.69, 9.17) is 15.6 Å². The zero-order chi connectivity index (χ0) is 19.8. The molecule has 0 amide bonds. The molecule has 0 bridgehead atoms.